The van der Waals surface area contributed by atoms with Crippen molar-refractivity contribution in [1.29, 1.82) is 0 Å². The summed E-state index contributed by atoms with van der Waals surface area (Å²) in [7, 11) is 0. The van der Waals surface area contributed by atoms with Gasteiger partial charge in [-0.1, -0.05) is 18.9 Å². The molecule has 1 saturated carbocycles. The van der Waals surface area contributed by atoms with Crippen LogP contribution in [0.4, 0.5) is 0 Å². The van der Waals surface area contributed by atoms with Crippen molar-refractivity contribution in [2.24, 2.45) is 0 Å². The fraction of sp³-hybridized carbons (Fsp3) is 0.538. The van der Waals surface area contributed by atoms with Gasteiger partial charge in [0.05, 0.1) is 0 Å². The highest BCUT2D eigenvalue weighted by molar-refractivity contribution is 5.85. The van der Waals surface area contributed by atoms with Gasteiger partial charge in [0.25, 0.3) is 0 Å². The normalized spacial score (nSPS) is 18.1. The smallest absolute Gasteiger partial charge is 0.231 e. The summed E-state index contributed by atoms with van der Waals surface area (Å²) >= 11 is 0. The minimum atomic E-state index is 0. The SMILES string of the molecule is Cl.c1cc2c(cc1CNC1CCCC1)OCO2. The molecule has 1 N–H and O–H groups in total. The maximum atomic E-state index is 5.36. The summed E-state index contributed by atoms with van der Waals surface area (Å²) in [5.74, 6) is 1.75. The van der Waals surface area contributed by atoms with Crippen molar-refractivity contribution in [3.05, 3.63) is 23.8 Å². The Morgan fingerprint density at radius 3 is 2.71 bits per heavy atom. The molecule has 1 heterocycles. The Morgan fingerprint density at radius 1 is 1.12 bits per heavy atom. The summed E-state index contributed by atoms with van der Waals surface area (Å²) in [6.07, 6.45) is 5.40. The van der Waals surface area contributed by atoms with E-state index in [-0.39, 0.29) is 12.4 Å². The van der Waals surface area contributed by atoms with Crippen molar-refractivity contribution in [2.75, 3.05) is 6.79 Å². The van der Waals surface area contributed by atoms with Crippen LogP contribution in [0.5, 0.6) is 11.5 Å². The first kappa shape index (κ1) is 12.5. The molecule has 0 amide bonds. The van der Waals surface area contributed by atoms with E-state index < -0.39 is 0 Å². The van der Waals surface area contributed by atoms with Gasteiger partial charge in [-0.05, 0) is 30.5 Å². The van der Waals surface area contributed by atoms with E-state index in [2.05, 4.69) is 17.4 Å². The number of halogens is 1. The predicted octanol–water partition coefficient (Wildman–Crippen LogP) is 2.87. The molecule has 0 aromatic heterocycles. The van der Waals surface area contributed by atoms with E-state index in [1.54, 1.807) is 0 Å². The first-order chi connectivity index (χ1) is 7.92. The van der Waals surface area contributed by atoms with Crippen molar-refractivity contribution in [3.63, 3.8) is 0 Å². The van der Waals surface area contributed by atoms with Crippen molar-refractivity contribution in [3.8, 4) is 11.5 Å². The fourth-order valence-corrected chi connectivity index (χ4v) is 2.44. The van der Waals surface area contributed by atoms with Crippen LogP contribution in [-0.2, 0) is 6.54 Å². The second-order valence-corrected chi connectivity index (χ2v) is 4.55. The number of ether oxygens (including phenoxy) is 2. The Bertz CT molecular complexity index is 378. The first-order valence-electron chi connectivity index (χ1n) is 6.04. The Kier molecular flexibility index (Phi) is 4.13. The van der Waals surface area contributed by atoms with Gasteiger partial charge in [-0.3, -0.25) is 0 Å². The summed E-state index contributed by atoms with van der Waals surface area (Å²) in [5.41, 5.74) is 1.27. The molecule has 0 atom stereocenters. The van der Waals surface area contributed by atoms with E-state index in [4.69, 9.17) is 9.47 Å². The number of fused-ring (bicyclic) bond motifs is 1. The van der Waals surface area contributed by atoms with Gasteiger partial charge in [0.1, 0.15) is 0 Å². The summed E-state index contributed by atoms with van der Waals surface area (Å²) in [5, 5.41) is 3.59. The van der Waals surface area contributed by atoms with E-state index in [9.17, 15) is 0 Å². The topological polar surface area (TPSA) is 30.5 Å². The van der Waals surface area contributed by atoms with Gasteiger partial charge in [0, 0.05) is 12.6 Å². The molecule has 1 aliphatic heterocycles. The number of benzene rings is 1. The molecular weight excluding hydrogens is 238 g/mol. The molecule has 17 heavy (non-hydrogen) atoms. The first-order valence-corrected chi connectivity index (χ1v) is 6.04. The van der Waals surface area contributed by atoms with Crippen molar-refractivity contribution >= 4 is 12.4 Å². The van der Waals surface area contributed by atoms with Crippen LogP contribution >= 0.6 is 12.4 Å². The quantitative estimate of drug-likeness (QED) is 0.901. The fourth-order valence-electron chi connectivity index (χ4n) is 2.44. The molecular formula is C13H18ClNO2. The molecule has 1 aromatic rings. The van der Waals surface area contributed by atoms with E-state index in [0.717, 1.165) is 18.0 Å². The molecule has 0 bridgehead atoms. The third-order valence-electron chi connectivity index (χ3n) is 3.39. The highest BCUT2D eigenvalue weighted by Crippen LogP contribution is 2.32. The summed E-state index contributed by atoms with van der Waals surface area (Å²) in [4.78, 5) is 0. The predicted molar refractivity (Wildman–Crippen MR) is 68.9 cm³/mol. The lowest BCUT2D eigenvalue weighted by molar-refractivity contribution is 0.174. The third kappa shape index (κ3) is 2.85. The minimum absolute atomic E-state index is 0. The van der Waals surface area contributed by atoms with E-state index in [0.29, 0.717) is 12.8 Å². The van der Waals surface area contributed by atoms with Crippen molar-refractivity contribution in [1.82, 2.24) is 5.32 Å². The second-order valence-electron chi connectivity index (χ2n) is 4.55. The van der Waals surface area contributed by atoms with Crippen LogP contribution in [0.25, 0.3) is 0 Å². The van der Waals surface area contributed by atoms with E-state index in [1.165, 1.54) is 31.2 Å². The summed E-state index contributed by atoms with van der Waals surface area (Å²) in [6.45, 7) is 1.29. The number of nitrogens with one attached hydrogen (secondary N) is 1. The monoisotopic (exact) mass is 255 g/mol. The van der Waals surface area contributed by atoms with Crippen LogP contribution in [0.15, 0.2) is 18.2 Å². The van der Waals surface area contributed by atoms with Crippen molar-refractivity contribution < 1.29 is 9.47 Å². The molecule has 1 aromatic carbocycles. The molecule has 2 aliphatic rings. The van der Waals surface area contributed by atoms with Gasteiger partial charge >= 0.3 is 0 Å². The van der Waals surface area contributed by atoms with Gasteiger partial charge in [-0.15, -0.1) is 12.4 Å². The molecule has 3 rings (SSSR count). The second kappa shape index (κ2) is 5.61. The van der Waals surface area contributed by atoms with Crippen LogP contribution in [0, 0.1) is 0 Å². The molecule has 0 saturated heterocycles. The summed E-state index contributed by atoms with van der Waals surface area (Å²) < 4.78 is 10.6. The lowest BCUT2D eigenvalue weighted by atomic mass is 10.2. The van der Waals surface area contributed by atoms with E-state index in [1.807, 2.05) is 6.07 Å². The zero-order valence-corrected chi connectivity index (χ0v) is 10.6. The molecule has 0 spiro atoms. The van der Waals surface area contributed by atoms with Crippen LogP contribution in [0.3, 0.4) is 0 Å². The number of hydrogen-bond donors (Lipinski definition) is 1. The van der Waals surface area contributed by atoms with Crippen molar-refractivity contribution in [2.45, 2.75) is 38.3 Å². The third-order valence-corrected chi connectivity index (χ3v) is 3.39. The number of hydrogen-bond acceptors (Lipinski definition) is 3. The molecule has 1 aliphatic carbocycles. The zero-order valence-electron chi connectivity index (χ0n) is 9.78. The lowest BCUT2D eigenvalue weighted by Gasteiger charge is -2.11. The lowest BCUT2D eigenvalue weighted by Crippen LogP contribution is -2.25. The Balaban J connectivity index is 0.00000108. The highest BCUT2D eigenvalue weighted by Gasteiger charge is 2.16. The van der Waals surface area contributed by atoms with Gasteiger partial charge in [0.2, 0.25) is 6.79 Å². The maximum Gasteiger partial charge on any atom is 0.231 e. The Hall–Kier alpha value is -0.930. The average Bonchev–Trinajstić information content (AvgIpc) is 2.97. The van der Waals surface area contributed by atoms with Crippen LogP contribution in [0.1, 0.15) is 31.2 Å². The molecule has 3 nitrogen and oxygen atoms in total. The zero-order chi connectivity index (χ0) is 10.8. The molecule has 0 radical (unpaired) electrons. The molecule has 0 unspecified atom stereocenters. The summed E-state index contributed by atoms with van der Waals surface area (Å²) in [6, 6.07) is 6.89. The maximum absolute atomic E-state index is 5.36. The Labute approximate surface area is 108 Å². The van der Waals surface area contributed by atoms with E-state index >= 15 is 0 Å². The molecule has 94 valence electrons. The van der Waals surface area contributed by atoms with Crippen LogP contribution < -0.4 is 14.8 Å². The Morgan fingerprint density at radius 2 is 1.88 bits per heavy atom. The van der Waals surface area contributed by atoms with Gasteiger partial charge in [0.15, 0.2) is 11.5 Å². The van der Waals surface area contributed by atoms with Gasteiger partial charge in [-0.2, -0.15) is 0 Å². The van der Waals surface area contributed by atoms with Crippen LogP contribution in [0.2, 0.25) is 0 Å². The van der Waals surface area contributed by atoms with Gasteiger partial charge in [-0.25, -0.2) is 0 Å². The molecule has 4 heteroatoms. The average molecular weight is 256 g/mol. The minimum Gasteiger partial charge on any atom is -0.454 e. The highest BCUT2D eigenvalue weighted by atomic mass is 35.5. The van der Waals surface area contributed by atoms with Gasteiger partial charge < -0.3 is 14.8 Å². The standard InChI is InChI=1S/C13H17NO2.ClH/c1-2-4-11(3-1)14-8-10-5-6-12-13(7-10)16-9-15-12;/h5-7,11,14H,1-4,8-9H2;1H. The number of rotatable bonds is 3. The van der Waals surface area contributed by atoms with Crippen LogP contribution in [-0.4, -0.2) is 12.8 Å². The molecule has 1 fully saturated rings. The largest absolute Gasteiger partial charge is 0.454 e.